The summed E-state index contributed by atoms with van der Waals surface area (Å²) in [6, 6.07) is 1.91. The van der Waals surface area contributed by atoms with Crippen molar-refractivity contribution >= 4 is 43.2 Å². The Morgan fingerprint density at radius 2 is 2.27 bits per heavy atom. The standard InChI is InChI=1S/C10H10Br2O2S/c11-8-5-6(10(12)15-8)9(13)7-3-1-2-4-14-7/h3,5,9,13H,1-2,4H2. The second kappa shape index (κ2) is 4.99. The zero-order valence-electron chi connectivity index (χ0n) is 7.87. The van der Waals surface area contributed by atoms with Gasteiger partial charge in [-0.15, -0.1) is 11.3 Å². The summed E-state index contributed by atoms with van der Waals surface area (Å²) in [5, 5.41) is 10.1. The highest BCUT2D eigenvalue weighted by atomic mass is 79.9. The van der Waals surface area contributed by atoms with Crippen LogP contribution in [-0.2, 0) is 4.74 Å². The zero-order valence-corrected chi connectivity index (χ0v) is 11.9. The van der Waals surface area contributed by atoms with Gasteiger partial charge in [0.25, 0.3) is 0 Å². The second-order valence-corrected chi connectivity index (χ2v) is 7.03. The summed E-state index contributed by atoms with van der Waals surface area (Å²) < 4.78 is 7.38. The molecule has 1 aromatic rings. The molecule has 0 bridgehead atoms. The molecule has 1 aliphatic rings. The Labute approximate surface area is 109 Å². The molecular weight excluding hydrogens is 344 g/mol. The fourth-order valence-electron chi connectivity index (χ4n) is 1.46. The highest BCUT2D eigenvalue weighted by Gasteiger charge is 2.21. The average Bonchev–Trinajstić information content (AvgIpc) is 2.58. The van der Waals surface area contributed by atoms with Crippen molar-refractivity contribution in [3.05, 3.63) is 31.0 Å². The number of rotatable bonds is 2. The van der Waals surface area contributed by atoms with E-state index in [1.54, 1.807) is 11.3 Å². The van der Waals surface area contributed by atoms with Crippen molar-refractivity contribution in [3.8, 4) is 0 Å². The Bertz CT molecular complexity index is 387. The topological polar surface area (TPSA) is 29.5 Å². The second-order valence-electron chi connectivity index (χ2n) is 3.28. The molecule has 0 amide bonds. The number of halogens is 2. The Kier molecular flexibility index (Phi) is 3.88. The largest absolute Gasteiger partial charge is 0.495 e. The first kappa shape index (κ1) is 11.6. The van der Waals surface area contributed by atoms with Crippen LogP contribution in [0.25, 0.3) is 0 Å². The van der Waals surface area contributed by atoms with Crippen LogP contribution in [0, 0.1) is 0 Å². The number of aliphatic hydroxyl groups is 1. The molecule has 0 fully saturated rings. The Hall–Kier alpha value is 0.160. The zero-order chi connectivity index (χ0) is 10.8. The van der Waals surface area contributed by atoms with Crippen molar-refractivity contribution in [2.75, 3.05) is 6.61 Å². The molecule has 1 unspecified atom stereocenters. The number of allylic oxidation sites excluding steroid dienone is 1. The lowest BCUT2D eigenvalue weighted by atomic mass is 10.1. The normalized spacial score (nSPS) is 18.2. The van der Waals surface area contributed by atoms with E-state index in [0.29, 0.717) is 12.4 Å². The number of ether oxygens (including phenoxy) is 1. The third kappa shape index (κ3) is 2.64. The summed E-state index contributed by atoms with van der Waals surface area (Å²) in [5.74, 6) is 0.673. The molecule has 82 valence electrons. The average molecular weight is 354 g/mol. The minimum atomic E-state index is -0.651. The predicted octanol–water partition coefficient (Wildman–Crippen LogP) is 4.00. The van der Waals surface area contributed by atoms with Crippen LogP contribution >= 0.6 is 43.2 Å². The highest BCUT2D eigenvalue weighted by molar-refractivity contribution is 9.12. The SMILES string of the molecule is OC(C1=CCCCO1)c1cc(Br)sc1Br. The molecule has 2 rings (SSSR count). The van der Waals surface area contributed by atoms with Gasteiger partial charge in [-0.2, -0.15) is 0 Å². The number of thiophene rings is 1. The molecular formula is C10H10Br2O2S. The number of aliphatic hydroxyl groups excluding tert-OH is 1. The van der Waals surface area contributed by atoms with Crippen molar-refractivity contribution in [3.63, 3.8) is 0 Å². The summed E-state index contributed by atoms with van der Waals surface area (Å²) in [6.07, 6.45) is 3.33. The maximum absolute atomic E-state index is 10.1. The van der Waals surface area contributed by atoms with E-state index in [9.17, 15) is 5.11 Å². The van der Waals surface area contributed by atoms with E-state index in [-0.39, 0.29) is 0 Å². The molecule has 0 spiro atoms. The van der Waals surface area contributed by atoms with E-state index < -0.39 is 6.10 Å². The summed E-state index contributed by atoms with van der Waals surface area (Å²) in [7, 11) is 0. The monoisotopic (exact) mass is 352 g/mol. The van der Waals surface area contributed by atoms with Gasteiger partial charge in [-0.1, -0.05) is 0 Å². The quantitative estimate of drug-likeness (QED) is 0.870. The van der Waals surface area contributed by atoms with Gasteiger partial charge in [0.15, 0.2) is 0 Å². The fourth-order valence-corrected chi connectivity index (χ4v) is 4.34. The molecule has 2 heterocycles. The molecule has 1 aromatic heterocycles. The lowest BCUT2D eigenvalue weighted by molar-refractivity contribution is 0.0917. The van der Waals surface area contributed by atoms with Crippen LogP contribution in [0.5, 0.6) is 0 Å². The summed E-state index contributed by atoms with van der Waals surface area (Å²) in [4.78, 5) is 0. The lowest BCUT2D eigenvalue weighted by Gasteiger charge is -2.19. The molecule has 0 radical (unpaired) electrons. The van der Waals surface area contributed by atoms with Gasteiger partial charge in [-0.3, -0.25) is 0 Å². The van der Waals surface area contributed by atoms with Crippen molar-refractivity contribution in [2.45, 2.75) is 18.9 Å². The summed E-state index contributed by atoms with van der Waals surface area (Å²) >= 11 is 8.37. The highest BCUT2D eigenvalue weighted by Crippen LogP contribution is 2.38. The summed E-state index contributed by atoms with van der Waals surface area (Å²) in [6.45, 7) is 0.700. The molecule has 0 saturated carbocycles. The lowest BCUT2D eigenvalue weighted by Crippen LogP contribution is -2.09. The Balaban J connectivity index is 2.23. The molecule has 0 saturated heterocycles. The fraction of sp³-hybridized carbons (Fsp3) is 0.400. The number of hydrogen-bond acceptors (Lipinski definition) is 3. The van der Waals surface area contributed by atoms with E-state index in [0.717, 1.165) is 26.0 Å². The minimum Gasteiger partial charge on any atom is -0.495 e. The van der Waals surface area contributed by atoms with Crippen LogP contribution in [0.1, 0.15) is 24.5 Å². The predicted molar refractivity (Wildman–Crippen MR) is 67.9 cm³/mol. The molecule has 0 aliphatic carbocycles. The molecule has 1 N–H and O–H groups in total. The van der Waals surface area contributed by atoms with Crippen molar-refractivity contribution < 1.29 is 9.84 Å². The molecule has 1 aliphatic heterocycles. The van der Waals surface area contributed by atoms with Crippen LogP contribution < -0.4 is 0 Å². The third-order valence-electron chi connectivity index (χ3n) is 2.21. The van der Waals surface area contributed by atoms with E-state index in [1.807, 2.05) is 12.1 Å². The first-order valence-electron chi connectivity index (χ1n) is 4.64. The van der Waals surface area contributed by atoms with E-state index in [2.05, 4.69) is 31.9 Å². The van der Waals surface area contributed by atoms with E-state index in [4.69, 9.17) is 4.74 Å². The first-order chi connectivity index (χ1) is 7.18. The van der Waals surface area contributed by atoms with E-state index >= 15 is 0 Å². The van der Waals surface area contributed by atoms with Crippen LogP contribution in [0.2, 0.25) is 0 Å². The maximum atomic E-state index is 10.1. The van der Waals surface area contributed by atoms with Crippen LogP contribution in [-0.4, -0.2) is 11.7 Å². The minimum absolute atomic E-state index is 0.651. The van der Waals surface area contributed by atoms with Crippen molar-refractivity contribution in [1.82, 2.24) is 0 Å². The van der Waals surface area contributed by atoms with Gasteiger partial charge in [0, 0.05) is 5.56 Å². The van der Waals surface area contributed by atoms with Crippen molar-refractivity contribution in [1.29, 1.82) is 0 Å². The summed E-state index contributed by atoms with van der Waals surface area (Å²) in [5.41, 5.74) is 0.861. The molecule has 1 atom stereocenters. The van der Waals surface area contributed by atoms with Crippen LogP contribution in [0.4, 0.5) is 0 Å². The number of hydrogen-bond donors (Lipinski definition) is 1. The van der Waals surface area contributed by atoms with Gasteiger partial charge < -0.3 is 9.84 Å². The Morgan fingerprint density at radius 1 is 1.47 bits per heavy atom. The van der Waals surface area contributed by atoms with E-state index in [1.165, 1.54) is 0 Å². The van der Waals surface area contributed by atoms with Gasteiger partial charge >= 0.3 is 0 Å². The first-order valence-corrected chi connectivity index (χ1v) is 7.04. The van der Waals surface area contributed by atoms with Crippen LogP contribution in [0.3, 0.4) is 0 Å². The smallest absolute Gasteiger partial charge is 0.138 e. The maximum Gasteiger partial charge on any atom is 0.138 e. The van der Waals surface area contributed by atoms with Gasteiger partial charge in [0.1, 0.15) is 11.9 Å². The van der Waals surface area contributed by atoms with Crippen molar-refractivity contribution in [2.24, 2.45) is 0 Å². The van der Waals surface area contributed by atoms with Gasteiger partial charge in [-0.25, -0.2) is 0 Å². The molecule has 0 aromatic carbocycles. The van der Waals surface area contributed by atoms with Gasteiger partial charge in [0.05, 0.1) is 14.2 Å². The molecule has 5 heteroatoms. The molecule has 15 heavy (non-hydrogen) atoms. The Morgan fingerprint density at radius 3 is 2.80 bits per heavy atom. The van der Waals surface area contributed by atoms with Gasteiger partial charge in [-0.05, 0) is 56.8 Å². The van der Waals surface area contributed by atoms with Gasteiger partial charge in [0.2, 0.25) is 0 Å². The van der Waals surface area contributed by atoms with Crippen LogP contribution in [0.15, 0.2) is 25.5 Å². The third-order valence-corrected chi connectivity index (χ3v) is 4.60. The molecule has 2 nitrogen and oxygen atoms in total.